The number of anilines is 1. The first kappa shape index (κ1) is 17.0. The molecule has 2 amide bonds. The zero-order valence-corrected chi connectivity index (χ0v) is 13.9. The average molecular weight is 333 g/mol. The minimum Gasteiger partial charge on any atom is -0.336 e. The number of para-hydroxylation sites is 1. The van der Waals surface area contributed by atoms with Crippen molar-refractivity contribution < 1.29 is 9.59 Å². The molecule has 0 unspecified atom stereocenters. The lowest BCUT2D eigenvalue weighted by Crippen LogP contribution is -2.36. The first-order valence-corrected chi connectivity index (χ1v) is 8.18. The van der Waals surface area contributed by atoms with Gasteiger partial charge in [0.15, 0.2) is 5.16 Å². The lowest BCUT2D eigenvalue weighted by molar-refractivity contribution is -0.131. The second-order valence-corrected chi connectivity index (χ2v) is 5.85. The van der Waals surface area contributed by atoms with Gasteiger partial charge < -0.3 is 10.2 Å². The van der Waals surface area contributed by atoms with Gasteiger partial charge in [0, 0.05) is 12.7 Å². The monoisotopic (exact) mass is 333 g/mol. The van der Waals surface area contributed by atoms with Crippen molar-refractivity contribution in [2.24, 2.45) is 0 Å². The van der Waals surface area contributed by atoms with E-state index in [4.69, 9.17) is 0 Å². The number of aromatic amines is 1. The van der Waals surface area contributed by atoms with Gasteiger partial charge in [-0.3, -0.25) is 14.7 Å². The molecule has 2 aromatic rings. The zero-order chi connectivity index (χ0) is 16.7. The first-order chi connectivity index (χ1) is 11.1. The van der Waals surface area contributed by atoms with E-state index in [1.54, 1.807) is 7.05 Å². The van der Waals surface area contributed by atoms with E-state index in [9.17, 15) is 9.59 Å². The van der Waals surface area contributed by atoms with Gasteiger partial charge in [0.05, 0.1) is 12.3 Å². The fourth-order valence-electron chi connectivity index (χ4n) is 1.95. The predicted molar refractivity (Wildman–Crippen MR) is 89.2 cm³/mol. The van der Waals surface area contributed by atoms with Crippen molar-refractivity contribution in [2.75, 3.05) is 24.7 Å². The molecule has 0 saturated carbocycles. The van der Waals surface area contributed by atoms with Gasteiger partial charge in [0.25, 0.3) is 0 Å². The summed E-state index contributed by atoms with van der Waals surface area (Å²) in [5.74, 6) is -0.165. The molecular weight excluding hydrogens is 314 g/mol. The van der Waals surface area contributed by atoms with E-state index in [2.05, 4.69) is 20.5 Å². The van der Waals surface area contributed by atoms with E-state index in [1.807, 2.05) is 31.2 Å². The molecule has 1 aromatic heterocycles. The topological polar surface area (TPSA) is 91.0 Å². The summed E-state index contributed by atoms with van der Waals surface area (Å²) in [6, 6.07) is 7.64. The van der Waals surface area contributed by atoms with Gasteiger partial charge in [0.2, 0.25) is 11.8 Å². The molecule has 0 bridgehead atoms. The van der Waals surface area contributed by atoms with Crippen molar-refractivity contribution in [2.45, 2.75) is 18.5 Å². The number of benzene rings is 1. The van der Waals surface area contributed by atoms with Gasteiger partial charge in [-0.05, 0) is 18.1 Å². The molecule has 23 heavy (non-hydrogen) atoms. The van der Waals surface area contributed by atoms with Crippen LogP contribution in [0.1, 0.15) is 12.5 Å². The Morgan fingerprint density at radius 3 is 2.83 bits per heavy atom. The number of aromatic nitrogens is 3. The SMILES string of the molecule is CCc1ccccc1NC(=O)CN(C)C(=O)CSc1ncn[nH]1. The lowest BCUT2D eigenvalue weighted by atomic mass is 10.1. The van der Waals surface area contributed by atoms with Crippen molar-refractivity contribution >= 4 is 29.3 Å². The number of H-pyrrole nitrogens is 1. The van der Waals surface area contributed by atoms with E-state index in [-0.39, 0.29) is 24.1 Å². The second-order valence-electron chi connectivity index (χ2n) is 4.89. The third kappa shape index (κ3) is 5.10. The Labute approximate surface area is 138 Å². The molecular formula is C15H19N5O2S. The molecule has 8 heteroatoms. The highest BCUT2D eigenvalue weighted by Gasteiger charge is 2.14. The molecule has 1 aromatic carbocycles. The fraction of sp³-hybridized carbons (Fsp3) is 0.333. The largest absolute Gasteiger partial charge is 0.336 e. The average Bonchev–Trinajstić information content (AvgIpc) is 3.06. The lowest BCUT2D eigenvalue weighted by Gasteiger charge is -2.17. The summed E-state index contributed by atoms with van der Waals surface area (Å²) < 4.78 is 0. The van der Waals surface area contributed by atoms with Crippen LogP contribution in [0.2, 0.25) is 0 Å². The van der Waals surface area contributed by atoms with E-state index >= 15 is 0 Å². The summed E-state index contributed by atoms with van der Waals surface area (Å²) in [7, 11) is 1.61. The molecule has 0 saturated heterocycles. The Morgan fingerprint density at radius 2 is 2.13 bits per heavy atom. The molecule has 0 aliphatic rings. The smallest absolute Gasteiger partial charge is 0.243 e. The standard InChI is InChI=1S/C15H19N5O2S/c1-3-11-6-4-5-7-12(11)18-13(21)8-20(2)14(22)9-23-15-16-10-17-19-15/h4-7,10H,3,8-9H2,1-2H3,(H,18,21)(H,16,17,19). The van der Waals surface area contributed by atoms with Crippen LogP contribution in [-0.4, -0.2) is 51.2 Å². The first-order valence-electron chi connectivity index (χ1n) is 7.20. The number of nitrogens with one attached hydrogen (secondary N) is 2. The van der Waals surface area contributed by atoms with Gasteiger partial charge in [-0.2, -0.15) is 5.10 Å². The normalized spacial score (nSPS) is 10.3. The van der Waals surface area contributed by atoms with Crippen LogP contribution in [0, 0.1) is 0 Å². The Morgan fingerprint density at radius 1 is 1.35 bits per heavy atom. The zero-order valence-electron chi connectivity index (χ0n) is 13.1. The summed E-state index contributed by atoms with van der Waals surface area (Å²) in [6.07, 6.45) is 2.22. The number of hydrogen-bond acceptors (Lipinski definition) is 5. The van der Waals surface area contributed by atoms with Crippen LogP contribution < -0.4 is 5.32 Å². The molecule has 2 N–H and O–H groups in total. The summed E-state index contributed by atoms with van der Waals surface area (Å²) in [6.45, 7) is 2.04. The summed E-state index contributed by atoms with van der Waals surface area (Å²) in [4.78, 5) is 29.4. The van der Waals surface area contributed by atoms with Crippen molar-refractivity contribution in [3.05, 3.63) is 36.2 Å². The summed E-state index contributed by atoms with van der Waals surface area (Å²) in [5.41, 5.74) is 1.85. The Bertz CT molecular complexity index is 660. The number of nitrogens with zero attached hydrogens (tertiary/aromatic N) is 3. The van der Waals surface area contributed by atoms with Crippen molar-refractivity contribution in [3.63, 3.8) is 0 Å². The number of thioether (sulfide) groups is 1. The number of aryl methyl sites for hydroxylation is 1. The van der Waals surface area contributed by atoms with Crippen LogP contribution in [-0.2, 0) is 16.0 Å². The number of carbonyl (C=O) groups is 2. The fourth-order valence-corrected chi connectivity index (χ4v) is 2.67. The van der Waals surface area contributed by atoms with E-state index in [0.717, 1.165) is 17.7 Å². The number of likely N-dealkylation sites (N-methyl/N-ethyl adjacent to an activating group) is 1. The predicted octanol–water partition coefficient (Wildman–Crippen LogP) is 1.56. The molecule has 122 valence electrons. The quantitative estimate of drug-likeness (QED) is 0.750. The molecule has 7 nitrogen and oxygen atoms in total. The van der Waals surface area contributed by atoms with Crippen LogP contribution in [0.4, 0.5) is 5.69 Å². The minimum atomic E-state index is -0.216. The molecule has 0 aliphatic carbocycles. The van der Waals surface area contributed by atoms with Crippen LogP contribution >= 0.6 is 11.8 Å². The minimum absolute atomic E-state index is 0.00778. The molecule has 0 aliphatic heterocycles. The number of rotatable bonds is 7. The van der Waals surface area contributed by atoms with Gasteiger partial charge >= 0.3 is 0 Å². The Balaban J connectivity index is 1.82. The van der Waals surface area contributed by atoms with Crippen LogP contribution in [0.3, 0.4) is 0 Å². The molecule has 1 heterocycles. The Kier molecular flexibility index (Phi) is 6.16. The Hall–Kier alpha value is -2.35. The van der Waals surface area contributed by atoms with Crippen LogP contribution in [0.5, 0.6) is 0 Å². The van der Waals surface area contributed by atoms with Gasteiger partial charge in [-0.25, -0.2) is 4.98 Å². The molecule has 2 rings (SSSR count). The number of hydrogen-bond donors (Lipinski definition) is 2. The number of carbonyl (C=O) groups excluding carboxylic acids is 2. The highest BCUT2D eigenvalue weighted by atomic mass is 32.2. The van der Waals surface area contributed by atoms with Crippen LogP contribution in [0.25, 0.3) is 0 Å². The van der Waals surface area contributed by atoms with Crippen molar-refractivity contribution in [1.82, 2.24) is 20.1 Å². The third-order valence-corrected chi connectivity index (χ3v) is 4.07. The summed E-state index contributed by atoms with van der Waals surface area (Å²) >= 11 is 1.25. The van der Waals surface area contributed by atoms with Gasteiger partial charge in [-0.1, -0.05) is 36.9 Å². The molecule has 0 fully saturated rings. The third-order valence-electron chi connectivity index (χ3n) is 3.20. The van der Waals surface area contributed by atoms with E-state index in [1.165, 1.54) is 23.0 Å². The number of amides is 2. The highest BCUT2D eigenvalue weighted by molar-refractivity contribution is 7.99. The van der Waals surface area contributed by atoms with Crippen molar-refractivity contribution in [3.8, 4) is 0 Å². The van der Waals surface area contributed by atoms with Crippen LogP contribution in [0.15, 0.2) is 35.7 Å². The van der Waals surface area contributed by atoms with E-state index in [0.29, 0.717) is 5.16 Å². The highest BCUT2D eigenvalue weighted by Crippen LogP contribution is 2.15. The molecule has 0 atom stereocenters. The maximum Gasteiger partial charge on any atom is 0.243 e. The van der Waals surface area contributed by atoms with Gasteiger partial charge in [0.1, 0.15) is 6.33 Å². The van der Waals surface area contributed by atoms with Gasteiger partial charge in [-0.15, -0.1) is 0 Å². The van der Waals surface area contributed by atoms with E-state index < -0.39 is 0 Å². The maximum atomic E-state index is 12.1. The molecule has 0 spiro atoms. The maximum absolute atomic E-state index is 12.1. The molecule has 0 radical (unpaired) electrons. The summed E-state index contributed by atoms with van der Waals surface area (Å²) in [5, 5.41) is 9.81. The van der Waals surface area contributed by atoms with Crippen molar-refractivity contribution in [1.29, 1.82) is 0 Å². The second kappa shape index (κ2) is 8.33.